The second-order valence-electron chi connectivity index (χ2n) is 11.1. The summed E-state index contributed by atoms with van der Waals surface area (Å²) in [5.74, 6) is 0.785. The third kappa shape index (κ3) is 9.25. The molecule has 1 aromatic carbocycles. The fourth-order valence-corrected chi connectivity index (χ4v) is 6.70. The molecule has 3 unspecified atom stereocenters. The SMILES string of the molecule is CCCC(OCCNC(=O)OC)(c1cccc(Cl)c1)C1CCCN(C(=O)NC(CNC)CC2CCCCC2)C1. The Kier molecular flexibility index (Phi) is 13.2. The number of piperidine rings is 1. The van der Waals surface area contributed by atoms with Crippen LogP contribution in [0.15, 0.2) is 24.3 Å². The molecule has 2 aliphatic rings. The summed E-state index contributed by atoms with van der Waals surface area (Å²) < 4.78 is 11.4. The number of ether oxygens (including phenoxy) is 2. The Morgan fingerprint density at radius 3 is 2.67 bits per heavy atom. The molecular weight excluding hydrogens is 516 g/mol. The number of benzene rings is 1. The standard InChI is InChI=1S/C30H49ClN4O4/c1-4-15-30(24-12-8-14-26(31)20-24,39-18-16-33-29(37)38-3)25-13-9-17-35(22-25)28(36)34-27(21-32-2)19-23-10-6-5-7-11-23/h8,12,14,20,23,25,27,32H,4-7,9-11,13,15-19,21-22H2,1-3H3,(H,33,37)(H,34,36). The molecule has 2 fully saturated rings. The maximum absolute atomic E-state index is 13.6. The van der Waals surface area contributed by atoms with Gasteiger partial charge in [0.25, 0.3) is 0 Å². The Balaban J connectivity index is 1.75. The topological polar surface area (TPSA) is 91.9 Å². The van der Waals surface area contributed by atoms with Gasteiger partial charge >= 0.3 is 12.1 Å². The molecule has 1 aliphatic heterocycles. The highest BCUT2D eigenvalue weighted by Crippen LogP contribution is 2.43. The van der Waals surface area contributed by atoms with Crippen molar-refractivity contribution >= 4 is 23.7 Å². The summed E-state index contributed by atoms with van der Waals surface area (Å²) >= 11 is 6.45. The summed E-state index contributed by atoms with van der Waals surface area (Å²) in [7, 11) is 3.30. The molecule has 0 spiro atoms. The maximum atomic E-state index is 13.6. The molecule has 1 saturated carbocycles. The van der Waals surface area contributed by atoms with Crippen LogP contribution in [0.2, 0.25) is 5.02 Å². The number of carbonyl (C=O) groups excluding carboxylic acids is 2. The molecule has 3 amide bonds. The third-order valence-corrected chi connectivity index (χ3v) is 8.57. The van der Waals surface area contributed by atoms with Crippen molar-refractivity contribution in [3.05, 3.63) is 34.9 Å². The van der Waals surface area contributed by atoms with Gasteiger partial charge in [0.15, 0.2) is 0 Å². The summed E-state index contributed by atoms with van der Waals surface area (Å²) in [6, 6.07) is 8.02. The first kappa shape index (κ1) is 31.5. The molecule has 8 nitrogen and oxygen atoms in total. The first-order valence-corrected chi connectivity index (χ1v) is 15.2. The van der Waals surface area contributed by atoms with Crippen LogP contribution in [-0.2, 0) is 15.1 Å². The summed E-state index contributed by atoms with van der Waals surface area (Å²) in [4.78, 5) is 27.1. The average Bonchev–Trinajstić information content (AvgIpc) is 2.95. The Bertz CT molecular complexity index is 897. The number of carbonyl (C=O) groups is 2. The van der Waals surface area contributed by atoms with Crippen LogP contribution in [0.1, 0.15) is 76.7 Å². The van der Waals surface area contributed by atoms with Crippen LogP contribution in [0.3, 0.4) is 0 Å². The van der Waals surface area contributed by atoms with Crippen LogP contribution >= 0.6 is 11.6 Å². The number of nitrogens with one attached hydrogen (secondary N) is 3. The molecule has 9 heteroatoms. The number of likely N-dealkylation sites (tertiary alicyclic amines) is 1. The van der Waals surface area contributed by atoms with E-state index in [0.717, 1.165) is 50.8 Å². The van der Waals surface area contributed by atoms with Gasteiger partial charge in [-0.2, -0.15) is 0 Å². The van der Waals surface area contributed by atoms with Gasteiger partial charge in [0.1, 0.15) is 0 Å². The zero-order valence-electron chi connectivity index (χ0n) is 24.1. The van der Waals surface area contributed by atoms with Crippen molar-refractivity contribution in [1.29, 1.82) is 0 Å². The summed E-state index contributed by atoms with van der Waals surface area (Å²) in [5, 5.41) is 10.0. The van der Waals surface area contributed by atoms with E-state index in [2.05, 4.69) is 28.9 Å². The zero-order valence-corrected chi connectivity index (χ0v) is 24.9. The van der Waals surface area contributed by atoms with Gasteiger partial charge in [-0.3, -0.25) is 0 Å². The molecule has 3 N–H and O–H groups in total. The predicted octanol–water partition coefficient (Wildman–Crippen LogP) is 5.69. The highest BCUT2D eigenvalue weighted by Gasteiger charge is 2.44. The van der Waals surface area contributed by atoms with Crippen LogP contribution in [0.5, 0.6) is 0 Å². The third-order valence-electron chi connectivity index (χ3n) is 8.34. The molecule has 1 heterocycles. The lowest BCUT2D eigenvalue weighted by Gasteiger charge is -2.46. The fourth-order valence-electron chi connectivity index (χ4n) is 6.51. The quantitative estimate of drug-likeness (QED) is 0.268. The molecule has 39 heavy (non-hydrogen) atoms. The van der Waals surface area contributed by atoms with Crippen LogP contribution < -0.4 is 16.0 Å². The highest BCUT2D eigenvalue weighted by molar-refractivity contribution is 6.30. The lowest BCUT2D eigenvalue weighted by Crippen LogP contribution is -2.54. The number of alkyl carbamates (subject to hydrolysis) is 1. The Morgan fingerprint density at radius 2 is 1.97 bits per heavy atom. The van der Waals surface area contributed by atoms with E-state index < -0.39 is 11.7 Å². The molecule has 0 bridgehead atoms. The number of rotatable bonds is 13. The van der Waals surface area contributed by atoms with E-state index in [1.54, 1.807) is 0 Å². The van der Waals surface area contributed by atoms with Crippen LogP contribution in [0.25, 0.3) is 0 Å². The van der Waals surface area contributed by atoms with Crippen LogP contribution in [0.4, 0.5) is 9.59 Å². The Labute approximate surface area is 239 Å². The number of urea groups is 1. The lowest BCUT2D eigenvalue weighted by molar-refractivity contribution is -0.112. The first-order chi connectivity index (χ1) is 18.9. The van der Waals surface area contributed by atoms with Crippen molar-refractivity contribution in [2.45, 2.75) is 82.8 Å². The molecule has 3 atom stereocenters. The summed E-state index contributed by atoms with van der Waals surface area (Å²) in [6.45, 7) is 4.94. The highest BCUT2D eigenvalue weighted by atomic mass is 35.5. The van der Waals surface area contributed by atoms with E-state index in [9.17, 15) is 9.59 Å². The Hall–Kier alpha value is -2.03. The monoisotopic (exact) mass is 564 g/mol. The van der Waals surface area contributed by atoms with Gasteiger partial charge in [0, 0.05) is 43.2 Å². The van der Waals surface area contributed by atoms with Gasteiger partial charge in [0.05, 0.1) is 19.3 Å². The van der Waals surface area contributed by atoms with Gasteiger partial charge < -0.3 is 30.3 Å². The van der Waals surface area contributed by atoms with E-state index in [1.807, 2.05) is 30.1 Å². The van der Waals surface area contributed by atoms with Crippen molar-refractivity contribution in [3.8, 4) is 0 Å². The molecule has 1 aromatic rings. The largest absolute Gasteiger partial charge is 0.453 e. The van der Waals surface area contributed by atoms with Gasteiger partial charge in [-0.15, -0.1) is 0 Å². The number of likely N-dealkylation sites (N-methyl/N-ethyl adjacent to an activating group) is 1. The molecule has 3 rings (SSSR count). The van der Waals surface area contributed by atoms with Crippen molar-refractivity contribution in [3.63, 3.8) is 0 Å². The number of halogens is 1. The predicted molar refractivity (Wildman–Crippen MR) is 156 cm³/mol. The normalized spacial score (nSPS) is 20.6. The van der Waals surface area contributed by atoms with E-state index in [4.69, 9.17) is 21.1 Å². The zero-order chi connectivity index (χ0) is 28.1. The molecule has 1 saturated heterocycles. The minimum absolute atomic E-state index is 0.0135. The fraction of sp³-hybridized carbons (Fsp3) is 0.733. The van der Waals surface area contributed by atoms with Gasteiger partial charge in [-0.05, 0) is 56.3 Å². The van der Waals surface area contributed by atoms with E-state index in [1.165, 1.54) is 39.2 Å². The van der Waals surface area contributed by atoms with Gasteiger partial charge in [-0.1, -0.05) is 69.2 Å². The Morgan fingerprint density at radius 1 is 1.18 bits per heavy atom. The van der Waals surface area contributed by atoms with E-state index in [0.29, 0.717) is 30.6 Å². The van der Waals surface area contributed by atoms with Crippen molar-refractivity contribution in [1.82, 2.24) is 20.9 Å². The van der Waals surface area contributed by atoms with Crippen molar-refractivity contribution in [2.24, 2.45) is 11.8 Å². The smallest absolute Gasteiger partial charge is 0.406 e. The molecule has 0 radical (unpaired) electrons. The first-order valence-electron chi connectivity index (χ1n) is 14.8. The number of methoxy groups -OCH3 is 1. The molecule has 0 aromatic heterocycles. The molecular formula is C30H49ClN4O4. The minimum atomic E-state index is -0.622. The van der Waals surface area contributed by atoms with Gasteiger partial charge in [-0.25, -0.2) is 9.59 Å². The minimum Gasteiger partial charge on any atom is -0.453 e. The van der Waals surface area contributed by atoms with Crippen LogP contribution in [-0.4, -0.2) is 70.0 Å². The van der Waals surface area contributed by atoms with Crippen molar-refractivity contribution < 1.29 is 19.1 Å². The molecule has 1 aliphatic carbocycles. The number of hydrogen-bond donors (Lipinski definition) is 3. The van der Waals surface area contributed by atoms with Crippen molar-refractivity contribution in [2.75, 3.05) is 46.9 Å². The number of nitrogens with zero attached hydrogens (tertiary/aromatic N) is 1. The second kappa shape index (κ2) is 16.3. The summed E-state index contributed by atoms with van der Waals surface area (Å²) in [5.41, 5.74) is 0.399. The summed E-state index contributed by atoms with van der Waals surface area (Å²) in [6.07, 6.45) is 10.6. The lowest BCUT2D eigenvalue weighted by atomic mass is 9.74. The molecule has 220 valence electrons. The number of hydrogen-bond acceptors (Lipinski definition) is 5. The van der Waals surface area contributed by atoms with Gasteiger partial charge in [0.2, 0.25) is 0 Å². The van der Waals surface area contributed by atoms with E-state index in [-0.39, 0.29) is 18.0 Å². The number of amides is 3. The maximum Gasteiger partial charge on any atom is 0.406 e. The average molecular weight is 565 g/mol. The van der Waals surface area contributed by atoms with E-state index >= 15 is 0 Å². The second-order valence-corrected chi connectivity index (χ2v) is 11.6. The van der Waals surface area contributed by atoms with Crippen LogP contribution in [0, 0.1) is 11.8 Å².